The van der Waals surface area contributed by atoms with Crippen LogP contribution in [-0.4, -0.2) is 4.98 Å². The summed E-state index contributed by atoms with van der Waals surface area (Å²) in [6.07, 6.45) is 12.2. The molecule has 2 aliphatic rings. The summed E-state index contributed by atoms with van der Waals surface area (Å²) in [6, 6.07) is 8.57. The van der Waals surface area contributed by atoms with E-state index in [0.29, 0.717) is 5.92 Å². The highest BCUT2D eigenvalue weighted by Gasteiger charge is 2.22. The van der Waals surface area contributed by atoms with Crippen molar-refractivity contribution >= 4 is 17.0 Å². The van der Waals surface area contributed by atoms with Gasteiger partial charge in [-0.2, -0.15) is 0 Å². The zero-order valence-electron chi connectivity index (χ0n) is 9.48. The maximum atomic E-state index is 3.51. The lowest BCUT2D eigenvalue weighted by molar-refractivity contribution is 0.762. The molecule has 1 aromatic carbocycles. The standard InChI is InChI=1S/C16H13N/c1-2-6-12-10-16-14(9-11(12)5-1)13-7-3-4-8-15(13)17-16/h1-8,10-11,17H,9H2. The van der Waals surface area contributed by atoms with Crippen LogP contribution < -0.4 is 0 Å². The predicted octanol–water partition coefficient (Wildman–Crippen LogP) is 3.85. The molecule has 0 fully saturated rings. The lowest BCUT2D eigenvalue weighted by Gasteiger charge is -2.21. The summed E-state index contributed by atoms with van der Waals surface area (Å²) < 4.78 is 0. The Morgan fingerprint density at radius 1 is 1.12 bits per heavy atom. The number of H-pyrrole nitrogens is 1. The Balaban J connectivity index is 1.99. The summed E-state index contributed by atoms with van der Waals surface area (Å²) in [6.45, 7) is 0. The molecule has 1 aromatic heterocycles. The Hall–Kier alpha value is -2.02. The number of nitrogens with one attached hydrogen (secondary N) is 1. The third-order valence-corrected chi connectivity index (χ3v) is 3.75. The van der Waals surface area contributed by atoms with Gasteiger partial charge in [-0.1, -0.05) is 42.5 Å². The molecule has 4 rings (SSSR count). The highest BCUT2D eigenvalue weighted by molar-refractivity contribution is 5.88. The smallest absolute Gasteiger partial charge is 0.0461 e. The summed E-state index contributed by atoms with van der Waals surface area (Å²) in [5.41, 5.74) is 5.43. The Morgan fingerprint density at radius 2 is 2.06 bits per heavy atom. The first-order chi connectivity index (χ1) is 8.42. The Labute approximate surface area is 100 Å². The first-order valence-corrected chi connectivity index (χ1v) is 6.08. The van der Waals surface area contributed by atoms with Crippen molar-refractivity contribution in [1.82, 2.24) is 4.98 Å². The molecule has 0 bridgehead atoms. The molecule has 0 amide bonds. The van der Waals surface area contributed by atoms with Gasteiger partial charge in [-0.15, -0.1) is 0 Å². The van der Waals surface area contributed by atoms with E-state index < -0.39 is 0 Å². The number of hydrogen-bond donors (Lipinski definition) is 1. The second kappa shape index (κ2) is 3.24. The van der Waals surface area contributed by atoms with Crippen molar-refractivity contribution in [3.05, 3.63) is 65.4 Å². The summed E-state index contributed by atoms with van der Waals surface area (Å²) in [4.78, 5) is 3.51. The van der Waals surface area contributed by atoms with E-state index in [2.05, 4.69) is 59.6 Å². The van der Waals surface area contributed by atoms with Gasteiger partial charge in [0.15, 0.2) is 0 Å². The van der Waals surface area contributed by atoms with Gasteiger partial charge in [-0.05, 0) is 29.7 Å². The van der Waals surface area contributed by atoms with Gasteiger partial charge in [0, 0.05) is 22.5 Å². The van der Waals surface area contributed by atoms with Crippen molar-refractivity contribution in [2.75, 3.05) is 0 Å². The van der Waals surface area contributed by atoms with Crippen LogP contribution in [0.1, 0.15) is 11.3 Å². The van der Waals surface area contributed by atoms with Gasteiger partial charge in [0.1, 0.15) is 0 Å². The Kier molecular flexibility index (Phi) is 1.72. The lowest BCUT2D eigenvalue weighted by Crippen LogP contribution is -2.10. The average Bonchev–Trinajstić information content (AvgIpc) is 2.73. The fourth-order valence-electron chi connectivity index (χ4n) is 2.89. The van der Waals surface area contributed by atoms with Gasteiger partial charge in [0.25, 0.3) is 0 Å². The summed E-state index contributed by atoms with van der Waals surface area (Å²) in [7, 11) is 0. The lowest BCUT2D eigenvalue weighted by atomic mass is 9.83. The number of benzene rings is 1. The largest absolute Gasteiger partial charge is 0.355 e. The first kappa shape index (κ1) is 9.06. The van der Waals surface area contributed by atoms with Gasteiger partial charge < -0.3 is 4.98 Å². The molecule has 0 saturated carbocycles. The summed E-state index contributed by atoms with van der Waals surface area (Å²) >= 11 is 0. The van der Waals surface area contributed by atoms with Gasteiger partial charge in [-0.25, -0.2) is 0 Å². The number of aromatic amines is 1. The van der Waals surface area contributed by atoms with E-state index >= 15 is 0 Å². The Morgan fingerprint density at radius 3 is 3.06 bits per heavy atom. The zero-order chi connectivity index (χ0) is 11.2. The van der Waals surface area contributed by atoms with Crippen molar-refractivity contribution in [3.8, 4) is 0 Å². The molecule has 1 heterocycles. The molecular weight excluding hydrogens is 206 g/mol. The van der Waals surface area contributed by atoms with Gasteiger partial charge in [0.05, 0.1) is 0 Å². The Bertz CT molecular complexity index is 683. The third-order valence-electron chi connectivity index (χ3n) is 3.75. The van der Waals surface area contributed by atoms with Crippen LogP contribution in [0.15, 0.2) is 54.1 Å². The molecule has 1 atom stereocenters. The van der Waals surface area contributed by atoms with E-state index in [0.717, 1.165) is 6.42 Å². The number of fused-ring (bicyclic) bond motifs is 4. The van der Waals surface area contributed by atoms with Crippen LogP contribution in [-0.2, 0) is 6.42 Å². The molecule has 17 heavy (non-hydrogen) atoms. The average molecular weight is 219 g/mol. The van der Waals surface area contributed by atoms with Gasteiger partial charge >= 0.3 is 0 Å². The fraction of sp³-hybridized carbons (Fsp3) is 0.125. The SMILES string of the molecule is C1=CC2=Cc3[nH]c4ccccc4c3CC2C=C1. The van der Waals surface area contributed by atoms with Crippen molar-refractivity contribution in [3.63, 3.8) is 0 Å². The van der Waals surface area contributed by atoms with Crippen LogP contribution in [0.4, 0.5) is 0 Å². The number of rotatable bonds is 0. The van der Waals surface area contributed by atoms with Crippen LogP contribution in [0.3, 0.4) is 0 Å². The molecule has 2 aliphatic carbocycles. The molecule has 0 aliphatic heterocycles. The minimum absolute atomic E-state index is 0.562. The number of allylic oxidation sites excluding steroid dienone is 5. The van der Waals surface area contributed by atoms with Crippen molar-refractivity contribution < 1.29 is 0 Å². The highest BCUT2D eigenvalue weighted by Crippen LogP contribution is 2.35. The second-order valence-electron chi connectivity index (χ2n) is 4.76. The van der Waals surface area contributed by atoms with Crippen LogP contribution in [0.2, 0.25) is 0 Å². The molecule has 1 N–H and O–H groups in total. The maximum Gasteiger partial charge on any atom is 0.0461 e. The molecule has 0 radical (unpaired) electrons. The van der Waals surface area contributed by atoms with Gasteiger partial charge in [-0.3, -0.25) is 0 Å². The second-order valence-corrected chi connectivity index (χ2v) is 4.76. The van der Waals surface area contributed by atoms with E-state index in [4.69, 9.17) is 0 Å². The molecule has 1 heteroatoms. The first-order valence-electron chi connectivity index (χ1n) is 6.08. The summed E-state index contributed by atoms with van der Waals surface area (Å²) in [5, 5.41) is 1.38. The molecular formula is C16H13N. The van der Waals surface area contributed by atoms with Crippen LogP contribution in [0.25, 0.3) is 17.0 Å². The van der Waals surface area contributed by atoms with Gasteiger partial charge in [0.2, 0.25) is 0 Å². The predicted molar refractivity (Wildman–Crippen MR) is 71.7 cm³/mol. The van der Waals surface area contributed by atoms with Crippen molar-refractivity contribution in [1.29, 1.82) is 0 Å². The number of para-hydroxylation sites is 1. The minimum Gasteiger partial charge on any atom is -0.355 e. The number of hydrogen-bond acceptors (Lipinski definition) is 0. The van der Waals surface area contributed by atoms with E-state index in [1.165, 1.54) is 27.7 Å². The number of aromatic nitrogens is 1. The molecule has 1 unspecified atom stereocenters. The van der Waals surface area contributed by atoms with E-state index in [-0.39, 0.29) is 0 Å². The molecule has 0 saturated heterocycles. The normalized spacial score (nSPS) is 21.2. The van der Waals surface area contributed by atoms with Crippen LogP contribution in [0, 0.1) is 5.92 Å². The van der Waals surface area contributed by atoms with Crippen molar-refractivity contribution in [2.24, 2.45) is 5.92 Å². The molecule has 82 valence electrons. The fourth-order valence-corrected chi connectivity index (χ4v) is 2.89. The highest BCUT2D eigenvalue weighted by atomic mass is 14.7. The summed E-state index contributed by atoms with van der Waals surface area (Å²) in [5.74, 6) is 0.562. The van der Waals surface area contributed by atoms with E-state index in [1.54, 1.807) is 0 Å². The third kappa shape index (κ3) is 1.26. The molecule has 2 aromatic rings. The maximum absolute atomic E-state index is 3.51. The molecule has 1 nitrogen and oxygen atoms in total. The van der Waals surface area contributed by atoms with Crippen LogP contribution >= 0.6 is 0 Å². The molecule has 0 spiro atoms. The minimum atomic E-state index is 0.562. The monoisotopic (exact) mass is 219 g/mol. The topological polar surface area (TPSA) is 15.8 Å². The zero-order valence-corrected chi connectivity index (χ0v) is 9.48. The quantitative estimate of drug-likeness (QED) is 0.692. The van der Waals surface area contributed by atoms with E-state index in [9.17, 15) is 0 Å². The van der Waals surface area contributed by atoms with E-state index in [1.807, 2.05) is 0 Å². The van der Waals surface area contributed by atoms with Crippen molar-refractivity contribution in [2.45, 2.75) is 6.42 Å². The van der Waals surface area contributed by atoms with Crippen LogP contribution in [0.5, 0.6) is 0 Å².